The van der Waals surface area contributed by atoms with Crippen molar-refractivity contribution < 1.29 is 4.79 Å². The molecule has 3 aromatic carbocycles. The zero-order valence-corrected chi connectivity index (χ0v) is 17.2. The van der Waals surface area contributed by atoms with Gasteiger partial charge in [0.05, 0.1) is 12.6 Å². The number of carbonyl (C=O) groups excluding carboxylic acids is 1. The minimum absolute atomic E-state index is 0.0326. The van der Waals surface area contributed by atoms with Gasteiger partial charge in [0, 0.05) is 10.7 Å². The Labute approximate surface area is 172 Å². The first kappa shape index (κ1) is 20.1. The Morgan fingerprint density at radius 3 is 2.07 bits per heavy atom. The average Bonchev–Trinajstić information content (AvgIpc) is 2.67. The first-order valence-electron chi connectivity index (χ1n) is 9.32. The van der Waals surface area contributed by atoms with E-state index in [0.717, 1.165) is 27.9 Å². The molecule has 0 saturated heterocycles. The van der Waals surface area contributed by atoms with Crippen LogP contribution in [0, 0.1) is 13.8 Å². The van der Waals surface area contributed by atoms with Crippen LogP contribution in [0.3, 0.4) is 0 Å². The van der Waals surface area contributed by atoms with Crippen molar-refractivity contribution in [2.45, 2.75) is 19.9 Å². The van der Waals surface area contributed by atoms with Gasteiger partial charge in [-0.15, -0.1) is 0 Å². The van der Waals surface area contributed by atoms with Crippen LogP contribution in [0.5, 0.6) is 0 Å². The second-order valence-electron chi connectivity index (χ2n) is 7.09. The van der Waals surface area contributed by atoms with Gasteiger partial charge in [0.25, 0.3) is 0 Å². The molecule has 0 spiro atoms. The zero-order valence-electron chi connectivity index (χ0n) is 16.4. The van der Waals surface area contributed by atoms with Crippen molar-refractivity contribution >= 4 is 23.2 Å². The molecule has 0 aliphatic carbocycles. The molecule has 0 unspecified atom stereocenters. The van der Waals surface area contributed by atoms with E-state index >= 15 is 0 Å². The number of aryl methyl sites for hydroxylation is 2. The van der Waals surface area contributed by atoms with Gasteiger partial charge in [0.1, 0.15) is 0 Å². The quantitative estimate of drug-likeness (QED) is 0.590. The lowest BCUT2D eigenvalue weighted by Gasteiger charge is -2.29. The van der Waals surface area contributed by atoms with E-state index in [9.17, 15) is 4.79 Å². The summed E-state index contributed by atoms with van der Waals surface area (Å²) in [7, 11) is 1.97. The van der Waals surface area contributed by atoms with Crippen LogP contribution in [-0.2, 0) is 4.79 Å². The second-order valence-corrected chi connectivity index (χ2v) is 7.53. The Bertz CT molecular complexity index is 918. The summed E-state index contributed by atoms with van der Waals surface area (Å²) in [4.78, 5) is 14.8. The summed E-state index contributed by atoms with van der Waals surface area (Å²) in [6.07, 6.45) is 0. The van der Waals surface area contributed by atoms with Crippen LogP contribution in [0.1, 0.15) is 28.3 Å². The summed E-state index contributed by atoms with van der Waals surface area (Å²) in [5.41, 5.74) is 5.25. The van der Waals surface area contributed by atoms with Gasteiger partial charge in [-0.25, -0.2) is 0 Å². The first-order valence-corrected chi connectivity index (χ1v) is 9.70. The Morgan fingerprint density at radius 2 is 1.46 bits per heavy atom. The molecule has 3 aromatic rings. The average molecular weight is 393 g/mol. The number of nitrogens with one attached hydrogen (secondary N) is 1. The number of para-hydroxylation sites is 1. The third kappa shape index (κ3) is 4.80. The Hall–Kier alpha value is -2.62. The van der Waals surface area contributed by atoms with Gasteiger partial charge in [-0.2, -0.15) is 0 Å². The highest BCUT2D eigenvalue weighted by Crippen LogP contribution is 2.28. The summed E-state index contributed by atoms with van der Waals surface area (Å²) in [6, 6.07) is 24.0. The van der Waals surface area contributed by atoms with E-state index in [1.165, 1.54) is 0 Å². The third-order valence-electron chi connectivity index (χ3n) is 4.88. The molecule has 3 nitrogen and oxygen atoms in total. The molecule has 0 bridgehead atoms. The van der Waals surface area contributed by atoms with E-state index in [1.54, 1.807) is 0 Å². The molecular weight excluding hydrogens is 368 g/mol. The third-order valence-corrected chi connectivity index (χ3v) is 5.13. The fourth-order valence-corrected chi connectivity index (χ4v) is 3.62. The van der Waals surface area contributed by atoms with Crippen molar-refractivity contribution in [1.29, 1.82) is 0 Å². The minimum atomic E-state index is -0.0396. The topological polar surface area (TPSA) is 32.3 Å². The van der Waals surface area contributed by atoms with Gasteiger partial charge in [0.2, 0.25) is 5.91 Å². The smallest absolute Gasteiger partial charge is 0.238 e. The standard InChI is InChI=1S/C24H25ClN2O/c1-17-8-7-9-18(2)23(17)26-22(28)16-27(3)24(19-10-5-4-6-11-19)20-12-14-21(25)15-13-20/h4-15,24H,16H2,1-3H3,(H,26,28)/t24-/m1/s1. The van der Waals surface area contributed by atoms with Gasteiger partial charge >= 0.3 is 0 Å². The van der Waals surface area contributed by atoms with E-state index in [2.05, 4.69) is 22.3 Å². The van der Waals surface area contributed by atoms with Gasteiger partial charge in [0.15, 0.2) is 0 Å². The molecule has 1 N–H and O–H groups in total. The van der Waals surface area contributed by atoms with E-state index in [4.69, 9.17) is 11.6 Å². The van der Waals surface area contributed by atoms with Crippen LogP contribution in [-0.4, -0.2) is 24.4 Å². The number of amides is 1. The van der Waals surface area contributed by atoms with Gasteiger partial charge in [-0.1, -0.05) is 72.3 Å². The maximum atomic E-state index is 12.8. The lowest BCUT2D eigenvalue weighted by molar-refractivity contribution is -0.117. The van der Waals surface area contributed by atoms with E-state index in [0.29, 0.717) is 5.02 Å². The largest absolute Gasteiger partial charge is 0.324 e. The molecular formula is C24H25ClN2O. The van der Waals surface area contributed by atoms with Gasteiger partial charge < -0.3 is 5.32 Å². The highest BCUT2D eigenvalue weighted by atomic mass is 35.5. The van der Waals surface area contributed by atoms with Crippen LogP contribution >= 0.6 is 11.6 Å². The van der Waals surface area contributed by atoms with E-state index < -0.39 is 0 Å². The van der Waals surface area contributed by atoms with Crippen LogP contribution in [0.15, 0.2) is 72.8 Å². The molecule has 28 heavy (non-hydrogen) atoms. The SMILES string of the molecule is Cc1cccc(C)c1NC(=O)CN(C)[C@H](c1ccccc1)c1ccc(Cl)cc1. The zero-order chi connectivity index (χ0) is 20.1. The number of carbonyl (C=O) groups is 1. The summed E-state index contributed by atoms with van der Waals surface area (Å²) in [5, 5.41) is 3.77. The summed E-state index contributed by atoms with van der Waals surface area (Å²) in [5.74, 6) is -0.0326. The highest BCUT2D eigenvalue weighted by Gasteiger charge is 2.21. The maximum absolute atomic E-state index is 12.8. The molecule has 0 aliphatic rings. The Kier molecular flexibility index (Phi) is 6.50. The molecule has 144 valence electrons. The monoisotopic (exact) mass is 392 g/mol. The molecule has 0 radical (unpaired) electrons. The predicted molar refractivity (Wildman–Crippen MR) is 117 cm³/mol. The van der Waals surface area contributed by atoms with Crippen molar-refractivity contribution in [1.82, 2.24) is 4.90 Å². The molecule has 0 saturated carbocycles. The Balaban J connectivity index is 1.82. The van der Waals surface area contributed by atoms with Crippen molar-refractivity contribution in [2.75, 3.05) is 18.9 Å². The highest BCUT2D eigenvalue weighted by molar-refractivity contribution is 6.30. The van der Waals surface area contributed by atoms with Crippen LogP contribution < -0.4 is 5.32 Å². The fourth-order valence-electron chi connectivity index (χ4n) is 3.49. The van der Waals surface area contributed by atoms with Crippen molar-refractivity contribution in [3.05, 3.63) is 100 Å². The summed E-state index contributed by atoms with van der Waals surface area (Å²) in [6.45, 7) is 4.29. The van der Waals surface area contributed by atoms with Gasteiger partial charge in [-0.3, -0.25) is 9.69 Å². The second kappa shape index (κ2) is 9.05. The Morgan fingerprint density at radius 1 is 0.893 bits per heavy atom. The molecule has 0 fully saturated rings. The number of halogens is 1. The summed E-state index contributed by atoms with van der Waals surface area (Å²) < 4.78 is 0. The van der Waals surface area contributed by atoms with Crippen molar-refractivity contribution in [3.8, 4) is 0 Å². The maximum Gasteiger partial charge on any atom is 0.238 e. The molecule has 1 atom stereocenters. The predicted octanol–water partition coefficient (Wildman–Crippen LogP) is 5.62. The first-order chi connectivity index (χ1) is 13.5. The molecule has 3 rings (SSSR count). The van der Waals surface area contributed by atoms with E-state index in [1.807, 2.05) is 81.6 Å². The number of benzene rings is 3. The lowest BCUT2D eigenvalue weighted by Crippen LogP contribution is -2.34. The van der Waals surface area contributed by atoms with E-state index in [-0.39, 0.29) is 18.5 Å². The van der Waals surface area contributed by atoms with Crippen molar-refractivity contribution in [2.24, 2.45) is 0 Å². The molecule has 0 aliphatic heterocycles. The minimum Gasteiger partial charge on any atom is -0.324 e. The molecule has 0 aromatic heterocycles. The summed E-state index contributed by atoms with van der Waals surface area (Å²) >= 11 is 6.07. The number of likely N-dealkylation sites (N-methyl/N-ethyl adjacent to an activating group) is 1. The number of rotatable bonds is 6. The number of anilines is 1. The normalized spacial score (nSPS) is 12.0. The number of hydrogen-bond acceptors (Lipinski definition) is 2. The number of hydrogen-bond donors (Lipinski definition) is 1. The molecule has 1 amide bonds. The van der Waals surface area contributed by atoms with Crippen molar-refractivity contribution in [3.63, 3.8) is 0 Å². The molecule has 0 heterocycles. The lowest BCUT2D eigenvalue weighted by atomic mass is 9.97. The van der Waals surface area contributed by atoms with Gasteiger partial charge in [-0.05, 0) is 55.3 Å². The number of nitrogens with zero attached hydrogens (tertiary/aromatic N) is 1. The fraction of sp³-hybridized carbons (Fsp3) is 0.208. The van der Waals surface area contributed by atoms with Crippen LogP contribution in [0.4, 0.5) is 5.69 Å². The molecule has 4 heteroatoms. The van der Waals surface area contributed by atoms with Crippen LogP contribution in [0.2, 0.25) is 5.02 Å². The van der Waals surface area contributed by atoms with Crippen LogP contribution in [0.25, 0.3) is 0 Å².